The standard InChI is InChI=1S/C16H27BrO/c1-5-13(2)8-6-7-11-18-16(17)12-14(3)9-10-15(16)4/h9-10,12-13,15H,5-8,11H2,1-4H3. The highest BCUT2D eigenvalue weighted by Gasteiger charge is 2.32. The normalized spacial score (nSPS) is 29.2. The lowest BCUT2D eigenvalue weighted by atomic mass is 9.96. The van der Waals surface area contributed by atoms with Crippen molar-refractivity contribution < 1.29 is 4.74 Å². The van der Waals surface area contributed by atoms with Crippen molar-refractivity contribution in [3.63, 3.8) is 0 Å². The van der Waals surface area contributed by atoms with Crippen LogP contribution in [0.4, 0.5) is 0 Å². The van der Waals surface area contributed by atoms with Crippen molar-refractivity contribution >= 4 is 15.9 Å². The maximum Gasteiger partial charge on any atom is 0.147 e. The van der Waals surface area contributed by atoms with Crippen molar-refractivity contribution in [2.45, 2.75) is 57.9 Å². The van der Waals surface area contributed by atoms with Gasteiger partial charge in [-0.1, -0.05) is 57.8 Å². The Morgan fingerprint density at radius 3 is 2.83 bits per heavy atom. The van der Waals surface area contributed by atoms with Gasteiger partial charge in [-0.15, -0.1) is 0 Å². The van der Waals surface area contributed by atoms with Crippen molar-refractivity contribution in [3.05, 3.63) is 23.8 Å². The molecule has 0 aromatic carbocycles. The van der Waals surface area contributed by atoms with E-state index in [0.29, 0.717) is 5.92 Å². The number of rotatable bonds is 7. The van der Waals surface area contributed by atoms with Gasteiger partial charge in [-0.05, 0) is 41.3 Å². The fraction of sp³-hybridized carbons (Fsp3) is 0.750. The zero-order valence-corrected chi connectivity index (χ0v) is 13.8. The molecule has 0 aromatic rings. The Hall–Kier alpha value is -0.0800. The minimum absolute atomic E-state index is 0.289. The molecule has 1 rings (SSSR count). The molecule has 0 aromatic heterocycles. The van der Waals surface area contributed by atoms with Gasteiger partial charge < -0.3 is 4.74 Å². The summed E-state index contributed by atoms with van der Waals surface area (Å²) in [5, 5.41) is 0. The first-order valence-corrected chi connectivity index (χ1v) is 7.97. The largest absolute Gasteiger partial charge is 0.359 e. The number of hydrogen-bond acceptors (Lipinski definition) is 1. The molecule has 3 atom stereocenters. The molecule has 0 bridgehead atoms. The van der Waals surface area contributed by atoms with E-state index >= 15 is 0 Å². The molecule has 1 aliphatic rings. The summed E-state index contributed by atoms with van der Waals surface area (Å²) in [4.78, 5) is 0. The molecule has 1 aliphatic carbocycles. The van der Waals surface area contributed by atoms with Crippen LogP contribution in [0.25, 0.3) is 0 Å². The maximum absolute atomic E-state index is 6.06. The smallest absolute Gasteiger partial charge is 0.147 e. The summed E-state index contributed by atoms with van der Waals surface area (Å²) in [5.41, 5.74) is 1.27. The van der Waals surface area contributed by atoms with Crippen LogP contribution < -0.4 is 0 Å². The summed E-state index contributed by atoms with van der Waals surface area (Å²) in [5.74, 6) is 1.23. The molecule has 0 fully saturated rings. The van der Waals surface area contributed by atoms with Gasteiger partial charge in [-0.3, -0.25) is 0 Å². The highest BCUT2D eigenvalue weighted by Crippen LogP contribution is 2.36. The summed E-state index contributed by atoms with van der Waals surface area (Å²) in [7, 11) is 0. The molecule has 2 heteroatoms. The molecule has 1 nitrogen and oxygen atoms in total. The van der Waals surface area contributed by atoms with Crippen molar-refractivity contribution in [1.29, 1.82) is 0 Å². The van der Waals surface area contributed by atoms with Crippen molar-refractivity contribution in [1.82, 2.24) is 0 Å². The van der Waals surface area contributed by atoms with E-state index in [1.807, 2.05) is 0 Å². The van der Waals surface area contributed by atoms with Crippen LogP contribution >= 0.6 is 15.9 Å². The number of unbranched alkanes of at least 4 members (excludes halogenated alkanes) is 1. The van der Waals surface area contributed by atoms with Gasteiger partial charge in [0.25, 0.3) is 0 Å². The molecule has 0 saturated carbocycles. The van der Waals surface area contributed by atoms with Crippen molar-refractivity contribution in [2.24, 2.45) is 11.8 Å². The Morgan fingerprint density at radius 2 is 2.17 bits per heavy atom. The van der Waals surface area contributed by atoms with Crippen LogP contribution in [0.3, 0.4) is 0 Å². The predicted octanol–water partition coefficient (Wildman–Crippen LogP) is 5.46. The molecule has 0 aliphatic heterocycles. The van der Waals surface area contributed by atoms with E-state index in [1.54, 1.807) is 0 Å². The van der Waals surface area contributed by atoms with Gasteiger partial charge >= 0.3 is 0 Å². The van der Waals surface area contributed by atoms with E-state index in [1.165, 1.54) is 24.8 Å². The van der Waals surface area contributed by atoms with Crippen LogP contribution in [-0.4, -0.2) is 11.1 Å². The van der Waals surface area contributed by atoms with Crippen LogP contribution in [0, 0.1) is 11.8 Å². The third kappa shape index (κ3) is 4.89. The summed E-state index contributed by atoms with van der Waals surface area (Å²) < 4.78 is 5.77. The van der Waals surface area contributed by atoms with Gasteiger partial charge in [0.15, 0.2) is 0 Å². The molecule has 0 spiro atoms. The Morgan fingerprint density at radius 1 is 1.44 bits per heavy atom. The lowest BCUT2D eigenvalue weighted by Gasteiger charge is -2.32. The van der Waals surface area contributed by atoms with E-state index in [-0.39, 0.29) is 4.51 Å². The first-order valence-electron chi connectivity index (χ1n) is 7.18. The second-order valence-electron chi connectivity index (χ2n) is 5.59. The molecular formula is C16H27BrO. The lowest BCUT2D eigenvalue weighted by Crippen LogP contribution is -2.32. The quantitative estimate of drug-likeness (QED) is 0.447. The summed E-state index contributed by atoms with van der Waals surface area (Å²) in [6.45, 7) is 9.73. The van der Waals surface area contributed by atoms with E-state index in [4.69, 9.17) is 4.74 Å². The van der Waals surface area contributed by atoms with E-state index in [2.05, 4.69) is 61.9 Å². The zero-order chi connectivity index (χ0) is 13.6. The van der Waals surface area contributed by atoms with Gasteiger partial charge in [0, 0.05) is 12.5 Å². The van der Waals surface area contributed by atoms with Gasteiger partial charge in [-0.2, -0.15) is 0 Å². The van der Waals surface area contributed by atoms with Crippen molar-refractivity contribution in [2.75, 3.05) is 6.61 Å². The van der Waals surface area contributed by atoms with Gasteiger partial charge in [0.2, 0.25) is 0 Å². The number of halogens is 1. The van der Waals surface area contributed by atoms with Gasteiger partial charge in [0.05, 0.1) is 0 Å². The summed E-state index contributed by atoms with van der Waals surface area (Å²) in [6, 6.07) is 0. The number of ether oxygens (including phenoxy) is 1. The van der Waals surface area contributed by atoms with E-state index in [0.717, 1.165) is 18.9 Å². The number of allylic oxidation sites excluding steroid dienone is 2. The SMILES string of the molecule is CCC(C)CCCCOC1(Br)C=C(C)C=CC1C. The molecule has 0 N–H and O–H groups in total. The minimum Gasteiger partial charge on any atom is -0.359 e. The van der Waals surface area contributed by atoms with Gasteiger partial charge in [-0.25, -0.2) is 0 Å². The minimum atomic E-state index is -0.289. The highest BCUT2D eigenvalue weighted by molar-refractivity contribution is 9.10. The molecule has 0 saturated heterocycles. The van der Waals surface area contributed by atoms with Crippen LogP contribution in [0.2, 0.25) is 0 Å². The fourth-order valence-electron chi connectivity index (χ4n) is 2.12. The van der Waals surface area contributed by atoms with Crippen LogP contribution in [-0.2, 0) is 4.74 Å². The first kappa shape index (κ1) is 16.0. The predicted molar refractivity (Wildman–Crippen MR) is 83.0 cm³/mol. The Kier molecular flexibility index (Phi) is 6.65. The second-order valence-corrected chi connectivity index (χ2v) is 6.83. The van der Waals surface area contributed by atoms with Crippen LogP contribution in [0.5, 0.6) is 0 Å². The second kappa shape index (κ2) is 7.49. The molecule has 3 unspecified atom stereocenters. The third-order valence-corrected chi connectivity index (χ3v) is 4.98. The average Bonchev–Trinajstić information content (AvgIpc) is 2.33. The molecule has 0 heterocycles. The van der Waals surface area contributed by atoms with Crippen LogP contribution in [0.15, 0.2) is 23.8 Å². The Balaban J connectivity index is 2.28. The average molecular weight is 315 g/mol. The molecular weight excluding hydrogens is 288 g/mol. The Bertz CT molecular complexity index is 308. The van der Waals surface area contributed by atoms with E-state index in [9.17, 15) is 0 Å². The van der Waals surface area contributed by atoms with E-state index < -0.39 is 0 Å². The molecule has 0 amide bonds. The zero-order valence-electron chi connectivity index (χ0n) is 12.2. The summed E-state index contributed by atoms with van der Waals surface area (Å²) in [6.07, 6.45) is 11.6. The fourth-order valence-corrected chi connectivity index (χ4v) is 2.79. The molecule has 0 radical (unpaired) electrons. The monoisotopic (exact) mass is 314 g/mol. The molecule has 104 valence electrons. The third-order valence-electron chi connectivity index (χ3n) is 3.80. The van der Waals surface area contributed by atoms with Gasteiger partial charge in [0.1, 0.15) is 4.51 Å². The number of hydrogen-bond donors (Lipinski definition) is 0. The first-order chi connectivity index (χ1) is 8.48. The highest BCUT2D eigenvalue weighted by atomic mass is 79.9. The summed E-state index contributed by atoms with van der Waals surface area (Å²) >= 11 is 3.75. The molecule has 18 heavy (non-hydrogen) atoms. The Labute approximate surface area is 121 Å². The lowest BCUT2D eigenvalue weighted by molar-refractivity contribution is 0.0372. The number of alkyl halides is 1. The maximum atomic E-state index is 6.06. The van der Waals surface area contributed by atoms with Crippen LogP contribution in [0.1, 0.15) is 53.4 Å². The van der Waals surface area contributed by atoms with Crippen molar-refractivity contribution in [3.8, 4) is 0 Å². The topological polar surface area (TPSA) is 9.23 Å².